The lowest BCUT2D eigenvalue weighted by atomic mass is 9.93. The molecule has 3 heteroatoms. The Labute approximate surface area is 110 Å². The van der Waals surface area contributed by atoms with E-state index in [2.05, 4.69) is 31.4 Å². The molecule has 0 aliphatic heterocycles. The third kappa shape index (κ3) is 2.96. The Balaban J connectivity index is 2.00. The van der Waals surface area contributed by atoms with Crippen molar-refractivity contribution in [3.63, 3.8) is 0 Å². The standard InChI is InChI=1S/C15H26N2O/c1-11(2)10-18-8-7-17-12(3)9-13-14(16)5-4-6-15(13)17/h9,11,14H,4-8,10,16H2,1-3H3. The normalized spacial score (nSPS) is 19.3. The monoisotopic (exact) mass is 250 g/mol. The van der Waals surface area contributed by atoms with Gasteiger partial charge in [-0.15, -0.1) is 0 Å². The Bertz CT molecular complexity index is 395. The smallest absolute Gasteiger partial charge is 0.0645 e. The molecule has 0 aromatic carbocycles. The van der Waals surface area contributed by atoms with Crippen molar-refractivity contribution in [1.82, 2.24) is 4.57 Å². The minimum atomic E-state index is 0.241. The van der Waals surface area contributed by atoms with E-state index in [1.165, 1.54) is 29.8 Å². The van der Waals surface area contributed by atoms with Gasteiger partial charge in [0, 0.05) is 30.6 Å². The van der Waals surface area contributed by atoms with Crippen molar-refractivity contribution in [1.29, 1.82) is 0 Å². The highest BCUT2D eigenvalue weighted by Crippen LogP contribution is 2.30. The maximum atomic E-state index is 6.18. The zero-order chi connectivity index (χ0) is 13.1. The minimum absolute atomic E-state index is 0.241. The van der Waals surface area contributed by atoms with Gasteiger partial charge >= 0.3 is 0 Å². The van der Waals surface area contributed by atoms with E-state index in [4.69, 9.17) is 10.5 Å². The van der Waals surface area contributed by atoms with Crippen molar-refractivity contribution in [2.45, 2.75) is 52.6 Å². The SMILES string of the molecule is Cc1cc2c(n1CCOCC(C)C)CCCC2N. The first-order valence-corrected chi connectivity index (χ1v) is 7.11. The number of fused-ring (bicyclic) bond motifs is 1. The van der Waals surface area contributed by atoms with Gasteiger partial charge in [0.15, 0.2) is 0 Å². The van der Waals surface area contributed by atoms with E-state index in [-0.39, 0.29) is 6.04 Å². The zero-order valence-electron chi connectivity index (χ0n) is 11.9. The van der Waals surface area contributed by atoms with Gasteiger partial charge in [-0.25, -0.2) is 0 Å². The third-order valence-corrected chi connectivity index (χ3v) is 3.69. The first kappa shape index (κ1) is 13.6. The van der Waals surface area contributed by atoms with Crippen LogP contribution in [0.3, 0.4) is 0 Å². The number of aryl methyl sites for hydroxylation is 1. The molecule has 1 unspecified atom stereocenters. The summed E-state index contributed by atoms with van der Waals surface area (Å²) in [6.07, 6.45) is 3.51. The Morgan fingerprint density at radius 2 is 2.28 bits per heavy atom. The molecule has 0 saturated carbocycles. The molecular formula is C15H26N2O. The first-order valence-electron chi connectivity index (χ1n) is 7.11. The predicted octanol–water partition coefficient (Wildman–Crippen LogP) is 2.81. The molecule has 18 heavy (non-hydrogen) atoms. The van der Waals surface area contributed by atoms with Gasteiger partial charge in [0.25, 0.3) is 0 Å². The van der Waals surface area contributed by atoms with Crippen LogP contribution in [-0.2, 0) is 17.7 Å². The second kappa shape index (κ2) is 5.89. The molecule has 2 rings (SSSR count). The summed E-state index contributed by atoms with van der Waals surface area (Å²) < 4.78 is 8.09. The summed E-state index contributed by atoms with van der Waals surface area (Å²) in [5.41, 5.74) is 10.3. The average molecular weight is 250 g/mol. The van der Waals surface area contributed by atoms with Gasteiger partial charge in [-0.1, -0.05) is 13.8 Å². The Hall–Kier alpha value is -0.800. The van der Waals surface area contributed by atoms with E-state index in [0.29, 0.717) is 5.92 Å². The summed E-state index contributed by atoms with van der Waals surface area (Å²) in [5, 5.41) is 0. The Morgan fingerprint density at radius 3 is 3.00 bits per heavy atom. The van der Waals surface area contributed by atoms with Crippen LogP contribution >= 0.6 is 0 Å². The molecule has 1 aromatic rings. The number of hydrogen-bond donors (Lipinski definition) is 1. The van der Waals surface area contributed by atoms with Crippen LogP contribution in [-0.4, -0.2) is 17.8 Å². The highest BCUT2D eigenvalue weighted by Gasteiger charge is 2.21. The highest BCUT2D eigenvalue weighted by molar-refractivity contribution is 5.32. The molecule has 1 atom stereocenters. The van der Waals surface area contributed by atoms with Crippen LogP contribution in [0.25, 0.3) is 0 Å². The number of rotatable bonds is 5. The van der Waals surface area contributed by atoms with E-state index >= 15 is 0 Å². The fourth-order valence-electron chi connectivity index (χ4n) is 2.79. The van der Waals surface area contributed by atoms with E-state index in [9.17, 15) is 0 Å². The fourth-order valence-corrected chi connectivity index (χ4v) is 2.79. The lowest BCUT2D eigenvalue weighted by Crippen LogP contribution is -2.19. The third-order valence-electron chi connectivity index (χ3n) is 3.69. The number of nitrogens with zero attached hydrogens (tertiary/aromatic N) is 1. The number of nitrogens with two attached hydrogens (primary N) is 1. The fraction of sp³-hybridized carbons (Fsp3) is 0.733. The van der Waals surface area contributed by atoms with E-state index in [1.54, 1.807) is 0 Å². The van der Waals surface area contributed by atoms with Crippen molar-refractivity contribution in [3.05, 3.63) is 23.0 Å². The topological polar surface area (TPSA) is 40.2 Å². The maximum Gasteiger partial charge on any atom is 0.0645 e. The summed E-state index contributed by atoms with van der Waals surface area (Å²) in [4.78, 5) is 0. The van der Waals surface area contributed by atoms with Crippen LogP contribution in [0.15, 0.2) is 6.07 Å². The van der Waals surface area contributed by atoms with Crippen LogP contribution in [0.4, 0.5) is 0 Å². The lowest BCUT2D eigenvalue weighted by Gasteiger charge is -2.21. The van der Waals surface area contributed by atoms with Crippen LogP contribution in [0.5, 0.6) is 0 Å². The van der Waals surface area contributed by atoms with Crippen molar-refractivity contribution in [2.75, 3.05) is 13.2 Å². The molecule has 0 spiro atoms. The number of aromatic nitrogens is 1. The van der Waals surface area contributed by atoms with Gasteiger partial charge in [-0.2, -0.15) is 0 Å². The van der Waals surface area contributed by atoms with Gasteiger partial charge in [-0.3, -0.25) is 0 Å². The molecule has 102 valence electrons. The summed E-state index contributed by atoms with van der Waals surface area (Å²) in [6.45, 7) is 9.15. The van der Waals surface area contributed by atoms with E-state index in [1.807, 2.05) is 0 Å². The molecule has 1 heterocycles. The molecule has 0 saturated heterocycles. The molecule has 0 fully saturated rings. The molecule has 0 bridgehead atoms. The Morgan fingerprint density at radius 1 is 1.50 bits per heavy atom. The molecule has 1 aliphatic rings. The predicted molar refractivity (Wildman–Crippen MR) is 74.7 cm³/mol. The summed E-state index contributed by atoms with van der Waals surface area (Å²) in [6, 6.07) is 2.51. The van der Waals surface area contributed by atoms with Gasteiger partial charge in [0.1, 0.15) is 0 Å². The van der Waals surface area contributed by atoms with Crippen LogP contribution in [0, 0.1) is 12.8 Å². The minimum Gasteiger partial charge on any atom is -0.379 e. The molecule has 0 amide bonds. The number of ether oxygens (including phenoxy) is 1. The van der Waals surface area contributed by atoms with Crippen LogP contribution < -0.4 is 5.73 Å². The summed E-state index contributed by atoms with van der Waals surface area (Å²) in [7, 11) is 0. The van der Waals surface area contributed by atoms with Gasteiger partial charge in [0.05, 0.1) is 6.61 Å². The van der Waals surface area contributed by atoms with Gasteiger partial charge < -0.3 is 15.0 Å². The quantitative estimate of drug-likeness (QED) is 0.816. The van der Waals surface area contributed by atoms with Crippen molar-refractivity contribution in [2.24, 2.45) is 11.7 Å². The maximum absolute atomic E-state index is 6.18. The van der Waals surface area contributed by atoms with E-state index < -0.39 is 0 Å². The van der Waals surface area contributed by atoms with Crippen molar-refractivity contribution < 1.29 is 4.74 Å². The molecule has 1 aromatic heterocycles. The first-order chi connectivity index (χ1) is 8.59. The molecular weight excluding hydrogens is 224 g/mol. The van der Waals surface area contributed by atoms with Crippen molar-refractivity contribution in [3.8, 4) is 0 Å². The van der Waals surface area contributed by atoms with Crippen LogP contribution in [0.1, 0.15) is 49.7 Å². The molecule has 0 radical (unpaired) electrons. The van der Waals surface area contributed by atoms with E-state index in [0.717, 1.165) is 26.2 Å². The second-order valence-electron chi connectivity index (χ2n) is 5.81. The molecule has 1 aliphatic carbocycles. The summed E-state index contributed by atoms with van der Waals surface area (Å²) >= 11 is 0. The molecule has 2 N–H and O–H groups in total. The Kier molecular flexibility index (Phi) is 4.46. The highest BCUT2D eigenvalue weighted by atomic mass is 16.5. The summed E-state index contributed by atoms with van der Waals surface area (Å²) in [5.74, 6) is 0.609. The molecule has 3 nitrogen and oxygen atoms in total. The zero-order valence-corrected chi connectivity index (χ0v) is 11.9. The second-order valence-corrected chi connectivity index (χ2v) is 5.81. The van der Waals surface area contributed by atoms with Gasteiger partial charge in [-0.05, 0) is 43.7 Å². The lowest BCUT2D eigenvalue weighted by molar-refractivity contribution is 0.102. The van der Waals surface area contributed by atoms with Crippen LogP contribution in [0.2, 0.25) is 0 Å². The van der Waals surface area contributed by atoms with Crippen molar-refractivity contribution >= 4 is 0 Å². The van der Waals surface area contributed by atoms with Gasteiger partial charge in [0.2, 0.25) is 0 Å². The number of hydrogen-bond acceptors (Lipinski definition) is 2. The largest absolute Gasteiger partial charge is 0.379 e. The average Bonchev–Trinajstić information content (AvgIpc) is 2.63.